The summed E-state index contributed by atoms with van der Waals surface area (Å²) in [5, 5.41) is 5.33. The van der Waals surface area contributed by atoms with Gasteiger partial charge in [0.15, 0.2) is 0 Å². The summed E-state index contributed by atoms with van der Waals surface area (Å²) in [7, 11) is 0. The Balaban J connectivity index is 0.00000225. The summed E-state index contributed by atoms with van der Waals surface area (Å²) in [6.45, 7) is 1.45. The smallest absolute Gasteiger partial charge is 0.239 e. The quantitative estimate of drug-likeness (QED) is 0.655. The van der Waals surface area contributed by atoms with E-state index >= 15 is 0 Å². The van der Waals surface area contributed by atoms with Gasteiger partial charge in [-0.05, 0) is 25.7 Å². The summed E-state index contributed by atoms with van der Waals surface area (Å²) in [4.78, 5) is 21.9. The van der Waals surface area contributed by atoms with Gasteiger partial charge in [-0.15, -0.1) is 12.4 Å². The van der Waals surface area contributed by atoms with Crippen molar-refractivity contribution in [2.75, 3.05) is 6.54 Å². The number of nitrogens with two attached hydrogens (primary N) is 1. The highest BCUT2D eigenvalue weighted by atomic mass is 35.5. The molecule has 1 aliphatic carbocycles. The van der Waals surface area contributed by atoms with E-state index in [-0.39, 0.29) is 42.8 Å². The second kappa shape index (κ2) is 7.46. The number of rotatable bonds is 3. The van der Waals surface area contributed by atoms with E-state index < -0.39 is 0 Å². The number of carbonyl (C=O) groups is 2. The minimum absolute atomic E-state index is 0. The van der Waals surface area contributed by atoms with Crippen molar-refractivity contribution in [2.24, 2.45) is 5.73 Å². The molecule has 1 rings (SSSR count). The third-order valence-corrected chi connectivity index (χ3v) is 2.58. The van der Waals surface area contributed by atoms with Crippen LogP contribution in [-0.4, -0.2) is 30.4 Å². The molecule has 0 aromatic heterocycles. The lowest BCUT2D eigenvalue weighted by molar-refractivity contribution is -0.125. The standard InChI is InChI=1S/C10H19N3O2.ClH/c1-7(14)12-6-10(15)13-9-4-2-3-8(11)5-9;/h8-9H,2-6,11H2,1H3,(H,12,14)(H,13,15);1H. The van der Waals surface area contributed by atoms with E-state index in [2.05, 4.69) is 10.6 Å². The molecule has 1 aliphatic rings. The van der Waals surface area contributed by atoms with Crippen LogP contribution in [0.3, 0.4) is 0 Å². The van der Waals surface area contributed by atoms with Crippen LogP contribution in [0, 0.1) is 0 Å². The molecule has 0 aromatic rings. The minimum Gasteiger partial charge on any atom is -0.352 e. The van der Waals surface area contributed by atoms with Gasteiger partial charge in [-0.25, -0.2) is 0 Å². The molecule has 0 radical (unpaired) electrons. The van der Waals surface area contributed by atoms with Crippen LogP contribution >= 0.6 is 12.4 Å². The molecule has 94 valence electrons. The summed E-state index contributed by atoms with van der Waals surface area (Å²) in [5.74, 6) is -0.324. The predicted octanol–water partition coefficient (Wildman–Crippen LogP) is -0.0696. The van der Waals surface area contributed by atoms with Gasteiger partial charge in [0.2, 0.25) is 11.8 Å². The maximum atomic E-state index is 11.4. The fourth-order valence-corrected chi connectivity index (χ4v) is 1.84. The fraction of sp³-hybridized carbons (Fsp3) is 0.800. The van der Waals surface area contributed by atoms with Crippen LogP contribution in [0.5, 0.6) is 0 Å². The van der Waals surface area contributed by atoms with Crippen LogP contribution in [0.25, 0.3) is 0 Å². The fourth-order valence-electron chi connectivity index (χ4n) is 1.84. The second-order valence-electron chi connectivity index (χ2n) is 4.10. The van der Waals surface area contributed by atoms with Crippen molar-refractivity contribution in [2.45, 2.75) is 44.7 Å². The van der Waals surface area contributed by atoms with E-state index in [0.29, 0.717) is 0 Å². The predicted molar refractivity (Wildman–Crippen MR) is 64.3 cm³/mol. The Morgan fingerprint density at radius 2 is 2.06 bits per heavy atom. The molecule has 2 atom stereocenters. The van der Waals surface area contributed by atoms with Crippen molar-refractivity contribution in [3.8, 4) is 0 Å². The molecule has 6 heteroatoms. The Labute approximate surface area is 102 Å². The Morgan fingerprint density at radius 3 is 2.62 bits per heavy atom. The molecule has 0 aromatic carbocycles. The number of hydrogen-bond donors (Lipinski definition) is 3. The Bertz CT molecular complexity index is 248. The molecule has 0 aliphatic heterocycles. The van der Waals surface area contributed by atoms with Crippen LogP contribution in [0.2, 0.25) is 0 Å². The van der Waals surface area contributed by atoms with Crippen LogP contribution in [0.4, 0.5) is 0 Å². The minimum atomic E-state index is -0.189. The molecule has 1 fully saturated rings. The molecule has 4 N–H and O–H groups in total. The summed E-state index contributed by atoms with van der Waals surface area (Å²) in [5.41, 5.74) is 5.80. The zero-order valence-electron chi connectivity index (χ0n) is 9.49. The van der Waals surface area contributed by atoms with Gasteiger partial charge in [0.05, 0.1) is 6.54 Å². The molecule has 2 amide bonds. The number of amides is 2. The second-order valence-corrected chi connectivity index (χ2v) is 4.10. The first kappa shape index (κ1) is 15.2. The molecule has 5 nitrogen and oxygen atoms in total. The first-order chi connectivity index (χ1) is 7.08. The van der Waals surface area contributed by atoms with Gasteiger partial charge >= 0.3 is 0 Å². The maximum Gasteiger partial charge on any atom is 0.239 e. The number of halogens is 1. The lowest BCUT2D eigenvalue weighted by Crippen LogP contribution is -2.45. The van der Waals surface area contributed by atoms with E-state index in [1.54, 1.807) is 0 Å². The van der Waals surface area contributed by atoms with E-state index in [0.717, 1.165) is 25.7 Å². The van der Waals surface area contributed by atoms with E-state index in [4.69, 9.17) is 5.73 Å². The first-order valence-electron chi connectivity index (χ1n) is 5.37. The highest BCUT2D eigenvalue weighted by Gasteiger charge is 2.20. The summed E-state index contributed by atoms with van der Waals surface area (Å²) >= 11 is 0. The molecule has 0 saturated heterocycles. The van der Waals surface area contributed by atoms with Crippen molar-refractivity contribution in [3.63, 3.8) is 0 Å². The summed E-state index contributed by atoms with van der Waals surface area (Å²) in [6.07, 6.45) is 3.93. The molecule has 16 heavy (non-hydrogen) atoms. The monoisotopic (exact) mass is 249 g/mol. The van der Waals surface area contributed by atoms with Crippen molar-refractivity contribution in [3.05, 3.63) is 0 Å². The Hall–Kier alpha value is -0.810. The summed E-state index contributed by atoms with van der Waals surface area (Å²) in [6, 6.07) is 0.375. The lowest BCUT2D eigenvalue weighted by Gasteiger charge is -2.27. The van der Waals surface area contributed by atoms with Gasteiger partial charge in [-0.3, -0.25) is 9.59 Å². The van der Waals surface area contributed by atoms with Gasteiger partial charge in [0.25, 0.3) is 0 Å². The van der Waals surface area contributed by atoms with Gasteiger partial charge in [-0.2, -0.15) is 0 Å². The molecule has 0 bridgehead atoms. The molecule has 0 heterocycles. The van der Waals surface area contributed by atoms with Crippen LogP contribution in [-0.2, 0) is 9.59 Å². The SMILES string of the molecule is CC(=O)NCC(=O)NC1CCCC(N)C1.Cl. The van der Waals surface area contributed by atoms with E-state index in [1.807, 2.05) is 0 Å². The van der Waals surface area contributed by atoms with Gasteiger partial charge in [0.1, 0.15) is 0 Å². The van der Waals surface area contributed by atoms with Gasteiger partial charge in [-0.1, -0.05) is 0 Å². The molecule has 1 saturated carbocycles. The van der Waals surface area contributed by atoms with Crippen molar-refractivity contribution < 1.29 is 9.59 Å². The number of carbonyl (C=O) groups excluding carboxylic acids is 2. The number of nitrogens with one attached hydrogen (secondary N) is 2. The van der Waals surface area contributed by atoms with Gasteiger partial charge in [0, 0.05) is 19.0 Å². The van der Waals surface area contributed by atoms with Gasteiger partial charge < -0.3 is 16.4 Å². The zero-order chi connectivity index (χ0) is 11.3. The maximum absolute atomic E-state index is 11.4. The van der Waals surface area contributed by atoms with Crippen LogP contribution < -0.4 is 16.4 Å². The molecular formula is C10H20ClN3O2. The average molecular weight is 250 g/mol. The van der Waals surface area contributed by atoms with E-state index in [9.17, 15) is 9.59 Å². The first-order valence-corrected chi connectivity index (χ1v) is 5.37. The van der Waals surface area contributed by atoms with E-state index in [1.165, 1.54) is 6.92 Å². The highest BCUT2D eigenvalue weighted by Crippen LogP contribution is 2.16. The molecular weight excluding hydrogens is 230 g/mol. The highest BCUT2D eigenvalue weighted by molar-refractivity contribution is 5.85. The zero-order valence-corrected chi connectivity index (χ0v) is 10.3. The van der Waals surface area contributed by atoms with Crippen LogP contribution in [0.15, 0.2) is 0 Å². The topological polar surface area (TPSA) is 84.2 Å². The molecule has 0 spiro atoms. The Morgan fingerprint density at radius 1 is 1.38 bits per heavy atom. The average Bonchev–Trinajstić information content (AvgIpc) is 2.15. The Kier molecular flexibility index (Phi) is 7.08. The van der Waals surface area contributed by atoms with Crippen molar-refractivity contribution >= 4 is 24.2 Å². The third kappa shape index (κ3) is 5.92. The largest absolute Gasteiger partial charge is 0.352 e. The normalized spacial score (nSPS) is 24.1. The van der Waals surface area contributed by atoms with Crippen LogP contribution in [0.1, 0.15) is 32.6 Å². The number of hydrogen-bond acceptors (Lipinski definition) is 3. The summed E-state index contributed by atoms with van der Waals surface area (Å²) < 4.78 is 0. The molecule has 2 unspecified atom stereocenters. The van der Waals surface area contributed by atoms with Crippen molar-refractivity contribution in [1.82, 2.24) is 10.6 Å². The van der Waals surface area contributed by atoms with Crippen molar-refractivity contribution in [1.29, 1.82) is 0 Å². The third-order valence-electron chi connectivity index (χ3n) is 2.58. The lowest BCUT2D eigenvalue weighted by atomic mass is 9.91.